The van der Waals surface area contributed by atoms with Crippen molar-refractivity contribution in [3.63, 3.8) is 0 Å². The first-order valence-corrected chi connectivity index (χ1v) is 7.04. The van der Waals surface area contributed by atoms with Gasteiger partial charge in [0, 0.05) is 30.6 Å². The first-order chi connectivity index (χ1) is 10.1. The highest BCUT2D eigenvalue weighted by atomic mass is 35.5. The van der Waals surface area contributed by atoms with E-state index < -0.39 is 5.54 Å². The third-order valence-electron chi connectivity index (χ3n) is 3.81. The van der Waals surface area contributed by atoms with E-state index in [9.17, 15) is 4.79 Å². The molecule has 0 aromatic carbocycles. The molecule has 0 fully saturated rings. The van der Waals surface area contributed by atoms with Crippen molar-refractivity contribution in [2.24, 2.45) is 5.73 Å². The highest BCUT2D eigenvalue weighted by Crippen LogP contribution is 2.20. The number of amides is 1. The van der Waals surface area contributed by atoms with Crippen molar-refractivity contribution in [3.05, 3.63) is 36.3 Å². The summed E-state index contributed by atoms with van der Waals surface area (Å²) in [6.07, 6.45) is 4.86. The Morgan fingerprint density at radius 1 is 1.35 bits per heavy atom. The van der Waals surface area contributed by atoms with E-state index in [0.717, 1.165) is 18.4 Å². The second-order valence-electron chi connectivity index (χ2n) is 4.96. The van der Waals surface area contributed by atoms with Crippen molar-refractivity contribution in [1.82, 2.24) is 15.5 Å². The quantitative estimate of drug-likeness (QED) is 0.825. The van der Waals surface area contributed by atoms with E-state index in [1.807, 2.05) is 19.9 Å². The molecule has 128 valence electrons. The van der Waals surface area contributed by atoms with Crippen LogP contribution in [0.4, 0.5) is 0 Å². The van der Waals surface area contributed by atoms with E-state index in [1.54, 1.807) is 24.5 Å². The summed E-state index contributed by atoms with van der Waals surface area (Å²) in [6, 6.07) is 5.25. The Hall–Kier alpha value is -1.63. The Morgan fingerprint density at radius 3 is 2.57 bits per heavy atom. The maximum absolute atomic E-state index is 12.3. The zero-order chi connectivity index (χ0) is 15.3. The lowest BCUT2D eigenvalue weighted by Gasteiger charge is -2.30. The van der Waals surface area contributed by atoms with Crippen molar-refractivity contribution in [1.29, 1.82) is 0 Å². The van der Waals surface area contributed by atoms with Gasteiger partial charge in [0.2, 0.25) is 0 Å². The molecule has 0 unspecified atom stereocenters. The van der Waals surface area contributed by atoms with Gasteiger partial charge in [-0.2, -0.15) is 0 Å². The predicted octanol–water partition coefficient (Wildman–Crippen LogP) is 2.83. The lowest BCUT2D eigenvalue weighted by molar-refractivity contribution is 0.0886. The van der Waals surface area contributed by atoms with Crippen LogP contribution in [0, 0.1) is 0 Å². The minimum absolute atomic E-state index is 0. The summed E-state index contributed by atoms with van der Waals surface area (Å²) in [6.45, 7) is 4.39. The average Bonchev–Trinajstić information content (AvgIpc) is 3.04. The van der Waals surface area contributed by atoms with E-state index in [4.69, 9.17) is 10.3 Å². The van der Waals surface area contributed by atoms with Gasteiger partial charge in [-0.1, -0.05) is 19.0 Å². The summed E-state index contributed by atoms with van der Waals surface area (Å²) < 4.78 is 5.21. The molecule has 2 heterocycles. The molecule has 0 aliphatic heterocycles. The van der Waals surface area contributed by atoms with Gasteiger partial charge in [0.1, 0.15) is 0 Å². The number of hydrogen-bond donors (Lipinski definition) is 2. The highest BCUT2D eigenvalue weighted by Gasteiger charge is 2.28. The number of carbonyl (C=O) groups excluding carboxylic acids is 1. The number of nitrogens with zero attached hydrogens (tertiary/aromatic N) is 2. The molecule has 0 saturated heterocycles. The topological polar surface area (TPSA) is 94.0 Å². The van der Waals surface area contributed by atoms with Crippen LogP contribution in [-0.2, 0) is 0 Å². The van der Waals surface area contributed by atoms with Crippen LogP contribution in [0.1, 0.15) is 37.2 Å². The standard InChI is InChI=1S/C15H20N4O2.2ClH/c1-3-15(4-2,10-16)18-14(20)12-8-13(21-19-12)11-6-5-7-17-9-11;;/h5-9H,3-4,10,16H2,1-2H3,(H,18,20);2*1H. The molecule has 3 N–H and O–H groups in total. The van der Waals surface area contributed by atoms with Crippen LogP contribution in [0.25, 0.3) is 11.3 Å². The zero-order valence-electron chi connectivity index (χ0n) is 13.1. The fourth-order valence-corrected chi connectivity index (χ4v) is 2.10. The Kier molecular flexibility index (Phi) is 8.82. The minimum atomic E-state index is -0.398. The first-order valence-electron chi connectivity index (χ1n) is 7.04. The van der Waals surface area contributed by atoms with Crippen LogP contribution in [0.3, 0.4) is 0 Å². The molecule has 0 spiro atoms. The van der Waals surface area contributed by atoms with Gasteiger partial charge in [0.05, 0.1) is 5.54 Å². The summed E-state index contributed by atoms with van der Waals surface area (Å²) in [5.74, 6) is 0.239. The molecular formula is C15H22Cl2N4O2. The molecule has 0 atom stereocenters. The van der Waals surface area contributed by atoms with Gasteiger partial charge in [-0.15, -0.1) is 24.8 Å². The maximum Gasteiger partial charge on any atom is 0.273 e. The van der Waals surface area contributed by atoms with Crippen molar-refractivity contribution in [2.75, 3.05) is 6.54 Å². The molecule has 0 radical (unpaired) electrons. The van der Waals surface area contributed by atoms with Crippen LogP contribution >= 0.6 is 24.8 Å². The lowest BCUT2D eigenvalue weighted by Crippen LogP contribution is -2.52. The molecule has 0 aliphatic rings. The molecule has 0 bridgehead atoms. The summed E-state index contributed by atoms with van der Waals surface area (Å²) in [5.41, 5.74) is 6.41. The van der Waals surface area contributed by atoms with Crippen LogP contribution in [-0.4, -0.2) is 28.1 Å². The van der Waals surface area contributed by atoms with Crippen molar-refractivity contribution >= 4 is 30.7 Å². The molecular weight excluding hydrogens is 339 g/mol. The number of halogens is 2. The molecule has 1 amide bonds. The Bertz CT molecular complexity index is 592. The minimum Gasteiger partial charge on any atom is -0.355 e. The Morgan fingerprint density at radius 2 is 2.04 bits per heavy atom. The molecule has 23 heavy (non-hydrogen) atoms. The van der Waals surface area contributed by atoms with Crippen molar-refractivity contribution < 1.29 is 9.32 Å². The summed E-state index contributed by atoms with van der Waals surface area (Å²) in [4.78, 5) is 16.3. The third kappa shape index (κ3) is 4.92. The van der Waals surface area contributed by atoms with E-state index in [0.29, 0.717) is 12.3 Å². The SMILES string of the molecule is CCC(CC)(CN)NC(=O)c1cc(-c2cccnc2)on1.Cl.Cl. The summed E-state index contributed by atoms with van der Waals surface area (Å²) in [5, 5.41) is 6.78. The fraction of sp³-hybridized carbons (Fsp3) is 0.400. The number of pyridine rings is 1. The normalized spacial score (nSPS) is 10.4. The number of nitrogens with one attached hydrogen (secondary N) is 1. The molecule has 8 heteroatoms. The van der Waals surface area contributed by atoms with E-state index >= 15 is 0 Å². The number of hydrogen-bond acceptors (Lipinski definition) is 5. The van der Waals surface area contributed by atoms with E-state index in [2.05, 4.69) is 15.5 Å². The number of aromatic nitrogens is 2. The molecule has 2 aromatic heterocycles. The van der Waals surface area contributed by atoms with Crippen LogP contribution < -0.4 is 11.1 Å². The van der Waals surface area contributed by atoms with Gasteiger partial charge >= 0.3 is 0 Å². The Balaban J connectivity index is 0.00000242. The first kappa shape index (κ1) is 21.4. The van der Waals surface area contributed by atoms with Crippen molar-refractivity contribution in [2.45, 2.75) is 32.2 Å². The van der Waals surface area contributed by atoms with E-state index in [-0.39, 0.29) is 36.4 Å². The number of rotatable bonds is 6. The van der Waals surface area contributed by atoms with Gasteiger partial charge in [-0.05, 0) is 25.0 Å². The molecule has 6 nitrogen and oxygen atoms in total. The van der Waals surface area contributed by atoms with E-state index in [1.165, 1.54) is 0 Å². The number of carbonyl (C=O) groups is 1. The van der Waals surface area contributed by atoms with Gasteiger partial charge in [-0.25, -0.2) is 0 Å². The second-order valence-corrected chi connectivity index (χ2v) is 4.96. The average molecular weight is 361 g/mol. The molecule has 2 aromatic rings. The molecule has 0 aliphatic carbocycles. The fourth-order valence-electron chi connectivity index (χ4n) is 2.10. The van der Waals surface area contributed by atoms with Crippen molar-refractivity contribution in [3.8, 4) is 11.3 Å². The third-order valence-corrected chi connectivity index (χ3v) is 3.81. The monoisotopic (exact) mass is 360 g/mol. The van der Waals surface area contributed by atoms with Gasteiger partial charge in [0.25, 0.3) is 5.91 Å². The maximum atomic E-state index is 12.3. The second kappa shape index (κ2) is 9.50. The predicted molar refractivity (Wildman–Crippen MR) is 94.1 cm³/mol. The highest BCUT2D eigenvalue weighted by molar-refractivity contribution is 5.93. The summed E-state index contributed by atoms with van der Waals surface area (Å²) >= 11 is 0. The van der Waals surface area contributed by atoms with Gasteiger partial charge in [0.15, 0.2) is 11.5 Å². The van der Waals surface area contributed by atoms with Crippen LogP contribution in [0.15, 0.2) is 35.1 Å². The molecule has 2 rings (SSSR count). The Labute approximate surface area is 148 Å². The molecule has 0 saturated carbocycles. The number of nitrogens with two attached hydrogens (primary N) is 1. The smallest absolute Gasteiger partial charge is 0.273 e. The zero-order valence-corrected chi connectivity index (χ0v) is 14.7. The van der Waals surface area contributed by atoms with Crippen LogP contribution in [0.2, 0.25) is 0 Å². The van der Waals surface area contributed by atoms with Gasteiger partial charge in [-0.3, -0.25) is 9.78 Å². The largest absolute Gasteiger partial charge is 0.355 e. The lowest BCUT2D eigenvalue weighted by atomic mass is 9.93. The van der Waals surface area contributed by atoms with Crippen LogP contribution in [0.5, 0.6) is 0 Å². The summed E-state index contributed by atoms with van der Waals surface area (Å²) in [7, 11) is 0. The van der Waals surface area contributed by atoms with Gasteiger partial charge < -0.3 is 15.6 Å².